The van der Waals surface area contributed by atoms with Crippen LogP contribution in [0.3, 0.4) is 0 Å². The molecule has 7 heteroatoms. The molecule has 0 aliphatic carbocycles. The second kappa shape index (κ2) is 5.42. The third-order valence-corrected chi connectivity index (χ3v) is 2.97. The van der Waals surface area contributed by atoms with Gasteiger partial charge in [0.15, 0.2) is 0 Å². The summed E-state index contributed by atoms with van der Waals surface area (Å²) >= 11 is 3.37. The van der Waals surface area contributed by atoms with Crippen LogP contribution in [0.25, 0.3) is 0 Å². The Morgan fingerprint density at radius 3 is 3.19 bits per heavy atom. The maximum Gasteiger partial charge on any atom is 0.239 e. The summed E-state index contributed by atoms with van der Waals surface area (Å²) in [5, 5.41) is 3.21. The predicted octanol–water partition coefficient (Wildman–Crippen LogP) is 1.12. The number of aromatic nitrogens is 2. The molecule has 1 atom stereocenters. The zero-order valence-corrected chi connectivity index (χ0v) is 10.3. The van der Waals surface area contributed by atoms with Crippen LogP contribution in [0.5, 0.6) is 0 Å². The Morgan fingerprint density at radius 1 is 1.62 bits per heavy atom. The number of halogens is 1. The van der Waals surface area contributed by atoms with Crippen molar-refractivity contribution in [2.24, 2.45) is 5.84 Å². The van der Waals surface area contributed by atoms with Crippen LogP contribution in [-0.4, -0.2) is 29.2 Å². The highest BCUT2D eigenvalue weighted by Gasteiger charge is 2.15. The summed E-state index contributed by atoms with van der Waals surface area (Å²) in [5.41, 5.74) is 2.41. The average Bonchev–Trinajstić information content (AvgIpc) is 2.81. The second-order valence-corrected chi connectivity index (χ2v) is 4.40. The standard InChI is InChI=1S/C9H14BrN5O/c10-7-5-13-9(15-11)14-8(7)12-4-6-2-1-3-16-6/h5-6H,1-4,11H2,(H2,12,13,14,15). The highest BCUT2D eigenvalue weighted by Crippen LogP contribution is 2.21. The van der Waals surface area contributed by atoms with Gasteiger partial charge in [-0.3, -0.25) is 5.43 Å². The summed E-state index contributed by atoms with van der Waals surface area (Å²) in [4.78, 5) is 8.16. The van der Waals surface area contributed by atoms with Gasteiger partial charge in [-0.25, -0.2) is 10.8 Å². The van der Waals surface area contributed by atoms with Crippen molar-refractivity contribution in [3.05, 3.63) is 10.7 Å². The van der Waals surface area contributed by atoms with Crippen LogP contribution in [0, 0.1) is 0 Å². The van der Waals surface area contributed by atoms with Crippen molar-refractivity contribution >= 4 is 27.7 Å². The van der Waals surface area contributed by atoms with E-state index in [-0.39, 0.29) is 6.10 Å². The molecule has 4 N–H and O–H groups in total. The number of hydrogen-bond acceptors (Lipinski definition) is 6. The van der Waals surface area contributed by atoms with E-state index in [0.29, 0.717) is 5.95 Å². The fourth-order valence-electron chi connectivity index (χ4n) is 1.58. The minimum Gasteiger partial charge on any atom is -0.376 e. The fraction of sp³-hybridized carbons (Fsp3) is 0.556. The van der Waals surface area contributed by atoms with Gasteiger partial charge in [-0.15, -0.1) is 0 Å². The van der Waals surface area contributed by atoms with Crippen LogP contribution < -0.4 is 16.6 Å². The molecule has 0 radical (unpaired) electrons. The first-order valence-electron chi connectivity index (χ1n) is 5.14. The molecular formula is C9H14BrN5O. The van der Waals surface area contributed by atoms with Gasteiger partial charge in [0.05, 0.1) is 10.6 Å². The normalized spacial score (nSPS) is 19.8. The average molecular weight is 288 g/mol. The van der Waals surface area contributed by atoms with Crippen LogP contribution in [0.1, 0.15) is 12.8 Å². The first-order chi connectivity index (χ1) is 7.79. The van der Waals surface area contributed by atoms with Gasteiger partial charge >= 0.3 is 0 Å². The number of hydrogen-bond donors (Lipinski definition) is 3. The number of ether oxygens (including phenoxy) is 1. The maximum atomic E-state index is 5.51. The van der Waals surface area contributed by atoms with E-state index in [9.17, 15) is 0 Å². The van der Waals surface area contributed by atoms with Crippen LogP contribution in [-0.2, 0) is 4.74 Å². The fourth-order valence-corrected chi connectivity index (χ4v) is 1.91. The zero-order valence-electron chi connectivity index (χ0n) is 8.74. The molecule has 1 aromatic heterocycles. The summed E-state index contributed by atoms with van der Waals surface area (Å²) in [6.07, 6.45) is 4.15. The summed E-state index contributed by atoms with van der Waals surface area (Å²) in [6.45, 7) is 1.60. The first-order valence-corrected chi connectivity index (χ1v) is 5.93. The number of nitrogen functional groups attached to an aromatic ring is 1. The zero-order chi connectivity index (χ0) is 11.4. The number of nitrogens with one attached hydrogen (secondary N) is 2. The van der Waals surface area contributed by atoms with Crippen molar-refractivity contribution in [3.63, 3.8) is 0 Å². The van der Waals surface area contributed by atoms with Crippen molar-refractivity contribution in [3.8, 4) is 0 Å². The second-order valence-electron chi connectivity index (χ2n) is 3.55. The van der Waals surface area contributed by atoms with E-state index in [1.165, 1.54) is 0 Å². The van der Waals surface area contributed by atoms with Gasteiger partial charge < -0.3 is 10.1 Å². The van der Waals surface area contributed by atoms with Crippen molar-refractivity contribution in [1.29, 1.82) is 0 Å². The van der Waals surface area contributed by atoms with Crippen molar-refractivity contribution < 1.29 is 4.74 Å². The van der Waals surface area contributed by atoms with Crippen molar-refractivity contribution in [2.45, 2.75) is 18.9 Å². The van der Waals surface area contributed by atoms with Crippen LogP contribution in [0.2, 0.25) is 0 Å². The molecule has 1 unspecified atom stereocenters. The molecule has 2 rings (SSSR count). The number of rotatable bonds is 4. The highest BCUT2D eigenvalue weighted by molar-refractivity contribution is 9.10. The molecule has 0 bridgehead atoms. The lowest BCUT2D eigenvalue weighted by molar-refractivity contribution is 0.120. The van der Waals surface area contributed by atoms with Crippen LogP contribution in [0.4, 0.5) is 11.8 Å². The van der Waals surface area contributed by atoms with Gasteiger partial charge in [0.1, 0.15) is 5.82 Å². The minimum atomic E-state index is 0.274. The molecule has 1 aliphatic rings. The monoisotopic (exact) mass is 287 g/mol. The highest BCUT2D eigenvalue weighted by atomic mass is 79.9. The van der Waals surface area contributed by atoms with Gasteiger partial charge in [0.25, 0.3) is 0 Å². The van der Waals surface area contributed by atoms with E-state index in [1.54, 1.807) is 6.20 Å². The Balaban J connectivity index is 1.96. The molecular weight excluding hydrogens is 274 g/mol. The van der Waals surface area contributed by atoms with Gasteiger partial charge in [-0.2, -0.15) is 4.98 Å². The van der Waals surface area contributed by atoms with Crippen LogP contribution in [0.15, 0.2) is 10.7 Å². The smallest absolute Gasteiger partial charge is 0.239 e. The third kappa shape index (κ3) is 2.81. The van der Waals surface area contributed by atoms with Gasteiger partial charge in [-0.1, -0.05) is 0 Å². The SMILES string of the molecule is NNc1ncc(Br)c(NCC2CCCO2)n1. The molecule has 0 amide bonds. The number of nitrogens with two attached hydrogens (primary N) is 1. The van der Waals surface area contributed by atoms with E-state index in [1.807, 2.05) is 0 Å². The lowest BCUT2D eigenvalue weighted by Gasteiger charge is -2.12. The molecule has 1 aliphatic heterocycles. The first kappa shape index (κ1) is 11.6. The lowest BCUT2D eigenvalue weighted by Crippen LogP contribution is -2.20. The number of nitrogens with zero attached hydrogens (tertiary/aromatic N) is 2. The summed E-state index contributed by atoms with van der Waals surface area (Å²) in [5.74, 6) is 6.35. The minimum absolute atomic E-state index is 0.274. The molecule has 16 heavy (non-hydrogen) atoms. The van der Waals surface area contributed by atoms with Crippen molar-refractivity contribution in [1.82, 2.24) is 9.97 Å². The lowest BCUT2D eigenvalue weighted by atomic mass is 10.2. The Labute approximate surface area is 102 Å². The number of anilines is 2. The third-order valence-electron chi connectivity index (χ3n) is 2.39. The Morgan fingerprint density at radius 2 is 2.50 bits per heavy atom. The van der Waals surface area contributed by atoms with E-state index in [2.05, 4.69) is 36.6 Å². The quantitative estimate of drug-likeness (QED) is 0.568. The Kier molecular flexibility index (Phi) is 3.92. The molecule has 2 heterocycles. The molecule has 88 valence electrons. The van der Waals surface area contributed by atoms with E-state index >= 15 is 0 Å². The van der Waals surface area contributed by atoms with Gasteiger partial charge in [0.2, 0.25) is 5.95 Å². The summed E-state index contributed by atoms with van der Waals surface area (Å²) in [7, 11) is 0. The molecule has 1 fully saturated rings. The molecule has 1 aromatic rings. The van der Waals surface area contributed by atoms with E-state index < -0.39 is 0 Å². The molecule has 1 saturated heterocycles. The van der Waals surface area contributed by atoms with Crippen molar-refractivity contribution in [2.75, 3.05) is 23.9 Å². The molecule has 0 spiro atoms. The molecule has 0 aromatic carbocycles. The Hall–Kier alpha value is -0.920. The topological polar surface area (TPSA) is 85.1 Å². The molecule has 6 nitrogen and oxygen atoms in total. The van der Waals surface area contributed by atoms with E-state index in [4.69, 9.17) is 10.6 Å². The van der Waals surface area contributed by atoms with Gasteiger partial charge in [-0.05, 0) is 28.8 Å². The molecule has 0 saturated carbocycles. The summed E-state index contributed by atoms with van der Waals surface area (Å²) < 4.78 is 6.32. The maximum absolute atomic E-state index is 5.51. The van der Waals surface area contributed by atoms with Crippen LogP contribution >= 0.6 is 15.9 Å². The number of hydrazine groups is 1. The van der Waals surface area contributed by atoms with E-state index in [0.717, 1.165) is 36.3 Å². The Bertz CT molecular complexity index is 356. The predicted molar refractivity (Wildman–Crippen MR) is 65.0 cm³/mol. The van der Waals surface area contributed by atoms with Gasteiger partial charge in [0, 0.05) is 19.3 Å². The largest absolute Gasteiger partial charge is 0.376 e. The summed E-state index contributed by atoms with van der Waals surface area (Å²) in [6, 6.07) is 0.